The van der Waals surface area contributed by atoms with Gasteiger partial charge in [-0.25, -0.2) is 5.01 Å². The summed E-state index contributed by atoms with van der Waals surface area (Å²) in [5.41, 5.74) is 0.748. The maximum absolute atomic E-state index is 11.3. The van der Waals surface area contributed by atoms with Gasteiger partial charge in [0.15, 0.2) is 11.2 Å². The molecule has 1 aliphatic heterocycles. The topological polar surface area (TPSA) is 56.5 Å². The quantitative estimate of drug-likeness (QED) is 0.696. The highest BCUT2D eigenvalue weighted by molar-refractivity contribution is 7.14. The van der Waals surface area contributed by atoms with Crippen LogP contribution in [0.2, 0.25) is 0 Å². The van der Waals surface area contributed by atoms with Crippen LogP contribution in [-0.4, -0.2) is 16.1 Å². The number of fused-ring (bicyclic) bond motifs is 1. The molecule has 0 saturated heterocycles. The molecule has 6 heteroatoms. The van der Waals surface area contributed by atoms with Crippen LogP contribution < -0.4 is 0 Å². The zero-order chi connectivity index (χ0) is 11.0. The average molecular weight is 240 g/mol. The van der Waals surface area contributed by atoms with Crippen molar-refractivity contribution in [2.45, 2.75) is 13.0 Å². The number of nitrogens with zero attached hydrogens (tertiary/aromatic N) is 3. The molecule has 2 heterocycles. The van der Waals surface area contributed by atoms with Gasteiger partial charge in [-0.1, -0.05) is 11.6 Å². The maximum Gasteiger partial charge on any atom is 0.241 e. The minimum Gasteiger partial charge on any atom is -0.273 e. The zero-order valence-corrected chi connectivity index (χ0v) is 9.34. The summed E-state index contributed by atoms with van der Waals surface area (Å²) in [7, 11) is 0. The van der Waals surface area contributed by atoms with Crippen molar-refractivity contribution in [2.75, 3.05) is 0 Å². The Labute approximate surface area is 95.4 Å². The summed E-state index contributed by atoms with van der Waals surface area (Å²) in [5, 5.41) is 16.1. The van der Waals surface area contributed by atoms with Crippen molar-refractivity contribution in [1.82, 2.24) is 5.01 Å². The summed E-state index contributed by atoms with van der Waals surface area (Å²) in [5.74, 6) is -0.295. The molecule has 1 aromatic heterocycles. The van der Waals surface area contributed by atoms with Crippen LogP contribution in [0.4, 0.5) is 0 Å². The van der Waals surface area contributed by atoms with E-state index in [1.807, 2.05) is 11.4 Å². The van der Waals surface area contributed by atoms with Gasteiger partial charge in [-0.3, -0.25) is 4.79 Å². The molecule has 15 heavy (non-hydrogen) atoms. The summed E-state index contributed by atoms with van der Waals surface area (Å²) in [4.78, 5) is 12.0. The predicted octanol–water partition coefficient (Wildman–Crippen LogP) is 2.08. The number of halogens is 1. The van der Waals surface area contributed by atoms with E-state index in [1.54, 1.807) is 6.07 Å². The molecule has 1 aliphatic rings. The fourth-order valence-corrected chi connectivity index (χ4v) is 2.54. The Hall–Kier alpha value is -1.38. The zero-order valence-electron chi connectivity index (χ0n) is 7.77. The Balaban J connectivity index is 2.56. The van der Waals surface area contributed by atoms with E-state index in [0.29, 0.717) is 0 Å². The lowest BCUT2D eigenvalue weighted by atomic mass is 10.1. The summed E-state index contributed by atoms with van der Waals surface area (Å²) in [6.07, 6.45) is 0. The van der Waals surface area contributed by atoms with E-state index < -0.39 is 6.04 Å². The van der Waals surface area contributed by atoms with Crippen LogP contribution in [0.25, 0.3) is 0 Å². The van der Waals surface area contributed by atoms with Gasteiger partial charge in [0.1, 0.15) is 0 Å². The number of carbonyl (C=O) groups excluding carboxylic acids is 1. The van der Waals surface area contributed by atoms with Crippen molar-refractivity contribution >= 4 is 34.0 Å². The molecule has 0 saturated carbocycles. The van der Waals surface area contributed by atoms with Crippen LogP contribution >= 0.6 is 22.9 Å². The van der Waals surface area contributed by atoms with E-state index in [-0.39, 0.29) is 11.1 Å². The average Bonchev–Trinajstić information content (AvgIpc) is 2.66. The van der Waals surface area contributed by atoms with Crippen LogP contribution in [-0.2, 0) is 4.79 Å². The van der Waals surface area contributed by atoms with Gasteiger partial charge < -0.3 is 0 Å². The standard InChI is InChI=1S/C9H6ClN3OS/c1-5(14)13-7(4-11)6-2-3-15-8(6)9(10)12-13/h2-3,7H,1H3. The molecule has 0 spiro atoms. The first kappa shape index (κ1) is 10.1. The largest absolute Gasteiger partial charge is 0.273 e. The Bertz CT molecular complexity index is 488. The molecule has 0 aromatic carbocycles. The second-order valence-corrected chi connectivity index (χ2v) is 4.27. The highest BCUT2D eigenvalue weighted by atomic mass is 35.5. The highest BCUT2D eigenvalue weighted by Crippen LogP contribution is 2.33. The first-order chi connectivity index (χ1) is 7.15. The molecule has 0 bridgehead atoms. The fourth-order valence-electron chi connectivity index (χ4n) is 1.41. The second kappa shape index (κ2) is 3.65. The van der Waals surface area contributed by atoms with E-state index in [4.69, 9.17) is 16.9 Å². The summed E-state index contributed by atoms with van der Waals surface area (Å²) >= 11 is 7.32. The van der Waals surface area contributed by atoms with Crippen molar-refractivity contribution in [3.05, 3.63) is 21.9 Å². The second-order valence-electron chi connectivity index (χ2n) is 2.99. The molecular formula is C9H6ClN3OS. The Morgan fingerprint density at radius 2 is 2.53 bits per heavy atom. The summed E-state index contributed by atoms with van der Waals surface area (Å²) in [6, 6.07) is 3.18. The molecule has 1 unspecified atom stereocenters. The van der Waals surface area contributed by atoms with Crippen LogP contribution in [0.15, 0.2) is 16.5 Å². The van der Waals surface area contributed by atoms with Crippen molar-refractivity contribution < 1.29 is 4.79 Å². The van der Waals surface area contributed by atoms with Gasteiger partial charge in [0.2, 0.25) is 5.91 Å². The molecule has 0 radical (unpaired) electrons. The fraction of sp³-hybridized carbons (Fsp3) is 0.222. The van der Waals surface area contributed by atoms with E-state index in [1.165, 1.54) is 18.3 Å². The number of hydrogen-bond donors (Lipinski definition) is 0. The Morgan fingerprint density at radius 3 is 3.13 bits per heavy atom. The third-order valence-electron chi connectivity index (χ3n) is 2.06. The van der Waals surface area contributed by atoms with Gasteiger partial charge in [0, 0.05) is 12.5 Å². The number of amides is 1. The smallest absolute Gasteiger partial charge is 0.241 e. The minimum absolute atomic E-state index is 0.265. The van der Waals surface area contributed by atoms with Gasteiger partial charge in [-0.15, -0.1) is 11.3 Å². The Kier molecular flexibility index (Phi) is 2.47. The predicted molar refractivity (Wildman–Crippen MR) is 57.6 cm³/mol. The van der Waals surface area contributed by atoms with Crippen molar-refractivity contribution in [3.8, 4) is 6.07 Å². The van der Waals surface area contributed by atoms with Crippen molar-refractivity contribution in [3.63, 3.8) is 0 Å². The molecule has 1 amide bonds. The van der Waals surface area contributed by atoms with Gasteiger partial charge in [-0.2, -0.15) is 10.4 Å². The molecule has 76 valence electrons. The van der Waals surface area contributed by atoms with Crippen molar-refractivity contribution in [1.29, 1.82) is 5.26 Å². The first-order valence-electron chi connectivity index (χ1n) is 4.16. The molecule has 0 aliphatic carbocycles. The Morgan fingerprint density at radius 1 is 1.80 bits per heavy atom. The molecule has 2 rings (SSSR count). The van der Waals surface area contributed by atoms with Gasteiger partial charge in [0.25, 0.3) is 0 Å². The van der Waals surface area contributed by atoms with Gasteiger partial charge in [0.05, 0.1) is 10.9 Å². The van der Waals surface area contributed by atoms with E-state index >= 15 is 0 Å². The van der Waals surface area contributed by atoms with Crippen LogP contribution in [0.1, 0.15) is 23.4 Å². The van der Waals surface area contributed by atoms with Gasteiger partial charge >= 0.3 is 0 Å². The third-order valence-corrected chi connectivity index (χ3v) is 3.38. The molecule has 0 N–H and O–H groups in total. The lowest BCUT2D eigenvalue weighted by Crippen LogP contribution is -2.31. The number of nitriles is 1. The molecular weight excluding hydrogens is 234 g/mol. The SMILES string of the molecule is CC(=O)N1N=C(Cl)c2sccc2C1C#N. The maximum atomic E-state index is 11.3. The molecule has 1 aromatic rings. The number of carbonyl (C=O) groups is 1. The summed E-state index contributed by atoms with van der Waals surface area (Å²) in [6.45, 7) is 1.36. The van der Waals surface area contributed by atoms with Crippen LogP contribution in [0.3, 0.4) is 0 Å². The lowest BCUT2D eigenvalue weighted by Gasteiger charge is -2.25. The molecule has 4 nitrogen and oxygen atoms in total. The van der Waals surface area contributed by atoms with Crippen LogP contribution in [0.5, 0.6) is 0 Å². The number of thiophene rings is 1. The first-order valence-corrected chi connectivity index (χ1v) is 5.42. The van der Waals surface area contributed by atoms with E-state index in [2.05, 4.69) is 5.10 Å². The third kappa shape index (κ3) is 1.52. The number of hydrazone groups is 1. The monoisotopic (exact) mass is 239 g/mol. The lowest BCUT2D eigenvalue weighted by molar-refractivity contribution is -0.130. The molecule has 1 atom stereocenters. The normalized spacial score (nSPS) is 19.1. The van der Waals surface area contributed by atoms with Crippen molar-refractivity contribution in [2.24, 2.45) is 5.10 Å². The number of hydrogen-bond acceptors (Lipinski definition) is 4. The van der Waals surface area contributed by atoms with Crippen LogP contribution in [0, 0.1) is 11.3 Å². The minimum atomic E-state index is -0.661. The highest BCUT2D eigenvalue weighted by Gasteiger charge is 2.31. The molecule has 0 fully saturated rings. The van der Waals surface area contributed by atoms with E-state index in [0.717, 1.165) is 15.4 Å². The number of rotatable bonds is 0. The van der Waals surface area contributed by atoms with Gasteiger partial charge in [-0.05, 0) is 11.4 Å². The van der Waals surface area contributed by atoms with E-state index in [9.17, 15) is 4.79 Å². The summed E-state index contributed by atoms with van der Waals surface area (Å²) < 4.78 is 0.